The number of nitrogens with two attached hydrogens (primary N) is 1. The first-order valence-corrected chi connectivity index (χ1v) is 6.67. The minimum Gasteiger partial charge on any atom is -0.324 e. The first-order valence-electron chi connectivity index (χ1n) is 6.29. The van der Waals surface area contributed by atoms with Crippen LogP contribution in [0, 0.1) is 17.7 Å². The van der Waals surface area contributed by atoms with Gasteiger partial charge in [0.25, 0.3) is 0 Å². The Morgan fingerprint density at radius 2 is 1.94 bits per heavy atom. The molecular weight excluding hydrogens is 237 g/mol. The Bertz CT molecular complexity index is 386. The van der Waals surface area contributed by atoms with Crippen LogP contribution >= 0.6 is 11.6 Å². The van der Waals surface area contributed by atoms with Crippen LogP contribution in [0.3, 0.4) is 0 Å². The Morgan fingerprint density at radius 3 is 2.59 bits per heavy atom. The Morgan fingerprint density at radius 1 is 1.29 bits per heavy atom. The molecule has 0 aromatic heterocycles. The highest BCUT2D eigenvalue weighted by Gasteiger charge is 2.26. The maximum atomic E-state index is 13.4. The fraction of sp³-hybridized carbons (Fsp3) is 0.571. The highest BCUT2D eigenvalue weighted by atomic mass is 35.5. The maximum absolute atomic E-state index is 13.4. The monoisotopic (exact) mass is 255 g/mol. The van der Waals surface area contributed by atoms with Gasteiger partial charge in [-0.05, 0) is 36.3 Å². The van der Waals surface area contributed by atoms with Gasteiger partial charge in [0.2, 0.25) is 0 Å². The third-order valence-electron chi connectivity index (χ3n) is 3.91. The Balaban J connectivity index is 2.14. The van der Waals surface area contributed by atoms with E-state index in [1.165, 1.54) is 18.9 Å². The van der Waals surface area contributed by atoms with E-state index in [2.05, 4.69) is 6.92 Å². The van der Waals surface area contributed by atoms with E-state index in [-0.39, 0.29) is 16.9 Å². The Kier molecular flexibility index (Phi) is 4.05. The van der Waals surface area contributed by atoms with Crippen LogP contribution in [0.1, 0.15) is 44.2 Å². The third-order valence-corrected chi connectivity index (χ3v) is 4.31. The summed E-state index contributed by atoms with van der Waals surface area (Å²) >= 11 is 5.98. The third kappa shape index (κ3) is 2.80. The molecular formula is C14H19ClFN. The van der Waals surface area contributed by atoms with Crippen LogP contribution < -0.4 is 5.73 Å². The molecule has 1 saturated carbocycles. The molecule has 1 nitrogen and oxygen atoms in total. The van der Waals surface area contributed by atoms with E-state index in [0.717, 1.165) is 24.3 Å². The molecule has 0 saturated heterocycles. The van der Waals surface area contributed by atoms with E-state index in [1.807, 2.05) is 6.07 Å². The van der Waals surface area contributed by atoms with E-state index in [1.54, 1.807) is 6.07 Å². The summed E-state index contributed by atoms with van der Waals surface area (Å²) in [4.78, 5) is 0. The van der Waals surface area contributed by atoms with E-state index >= 15 is 0 Å². The van der Waals surface area contributed by atoms with E-state index in [9.17, 15) is 4.39 Å². The average Bonchev–Trinajstić information content (AvgIpc) is 2.33. The van der Waals surface area contributed by atoms with Crippen molar-refractivity contribution in [3.8, 4) is 0 Å². The Hall–Kier alpha value is -0.600. The van der Waals surface area contributed by atoms with Gasteiger partial charge in [0.1, 0.15) is 5.82 Å². The van der Waals surface area contributed by atoms with Gasteiger partial charge in [0.15, 0.2) is 0 Å². The molecule has 1 aromatic rings. The van der Waals surface area contributed by atoms with Gasteiger partial charge in [-0.25, -0.2) is 4.39 Å². The number of hydrogen-bond donors (Lipinski definition) is 1. The van der Waals surface area contributed by atoms with Gasteiger partial charge < -0.3 is 5.73 Å². The molecule has 1 aliphatic rings. The molecule has 0 heterocycles. The lowest BCUT2D eigenvalue weighted by atomic mass is 9.77. The van der Waals surface area contributed by atoms with Gasteiger partial charge in [0, 0.05) is 6.04 Å². The second-order valence-corrected chi connectivity index (χ2v) is 5.57. The minimum atomic E-state index is -0.371. The van der Waals surface area contributed by atoms with Crippen molar-refractivity contribution in [1.29, 1.82) is 0 Å². The molecule has 0 bridgehead atoms. The molecule has 1 aliphatic carbocycles. The highest BCUT2D eigenvalue weighted by Crippen LogP contribution is 2.37. The van der Waals surface area contributed by atoms with Crippen LogP contribution in [-0.2, 0) is 0 Å². The van der Waals surface area contributed by atoms with Gasteiger partial charge >= 0.3 is 0 Å². The number of benzene rings is 1. The largest absolute Gasteiger partial charge is 0.324 e. The Labute approximate surface area is 107 Å². The number of rotatable bonds is 2. The van der Waals surface area contributed by atoms with Crippen LogP contribution in [-0.4, -0.2) is 0 Å². The van der Waals surface area contributed by atoms with Gasteiger partial charge in [-0.15, -0.1) is 0 Å². The molecule has 2 rings (SSSR count). The molecule has 0 radical (unpaired) electrons. The lowest BCUT2D eigenvalue weighted by Gasteiger charge is -2.31. The quantitative estimate of drug-likeness (QED) is 0.838. The molecule has 94 valence electrons. The summed E-state index contributed by atoms with van der Waals surface area (Å²) in [7, 11) is 0. The SMILES string of the molecule is CC1CCC(C(N)c2cccc(F)c2Cl)CC1. The van der Waals surface area contributed by atoms with Gasteiger partial charge in [-0.3, -0.25) is 0 Å². The number of hydrogen-bond acceptors (Lipinski definition) is 1. The first kappa shape index (κ1) is 12.8. The molecule has 1 unspecified atom stereocenters. The maximum Gasteiger partial charge on any atom is 0.142 e. The fourth-order valence-electron chi connectivity index (χ4n) is 2.68. The van der Waals surface area contributed by atoms with Crippen molar-refractivity contribution in [1.82, 2.24) is 0 Å². The molecule has 3 heteroatoms. The van der Waals surface area contributed by atoms with Crippen molar-refractivity contribution in [2.75, 3.05) is 0 Å². The van der Waals surface area contributed by atoms with Gasteiger partial charge in [-0.1, -0.05) is 43.5 Å². The summed E-state index contributed by atoms with van der Waals surface area (Å²) in [5, 5.41) is 0.193. The normalized spacial score (nSPS) is 26.8. The van der Waals surface area contributed by atoms with Gasteiger partial charge in [-0.2, -0.15) is 0 Å². The van der Waals surface area contributed by atoms with Gasteiger partial charge in [0.05, 0.1) is 5.02 Å². The first-order chi connectivity index (χ1) is 8.09. The fourth-order valence-corrected chi connectivity index (χ4v) is 2.93. The van der Waals surface area contributed by atoms with Crippen molar-refractivity contribution in [3.05, 3.63) is 34.6 Å². The minimum absolute atomic E-state index is 0.134. The zero-order valence-electron chi connectivity index (χ0n) is 10.1. The summed E-state index contributed by atoms with van der Waals surface area (Å²) in [6.07, 6.45) is 4.67. The van der Waals surface area contributed by atoms with E-state index in [4.69, 9.17) is 17.3 Å². The summed E-state index contributed by atoms with van der Waals surface area (Å²) in [6.45, 7) is 2.27. The lowest BCUT2D eigenvalue weighted by molar-refractivity contribution is 0.256. The second-order valence-electron chi connectivity index (χ2n) is 5.19. The molecule has 0 amide bonds. The van der Waals surface area contributed by atoms with Crippen molar-refractivity contribution in [2.24, 2.45) is 17.6 Å². The van der Waals surface area contributed by atoms with E-state index < -0.39 is 0 Å². The predicted molar refractivity (Wildman–Crippen MR) is 69.5 cm³/mol. The molecule has 17 heavy (non-hydrogen) atoms. The summed E-state index contributed by atoms with van der Waals surface area (Å²) in [6, 6.07) is 4.77. The second kappa shape index (κ2) is 5.36. The molecule has 1 aromatic carbocycles. The molecule has 2 N–H and O–H groups in total. The predicted octanol–water partition coefficient (Wildman–Crippen LogP) is 4.31. The smallest absolute Gasteiger partial charge is 0.142 e. The van der Waals surface area contributed by atoms with Crippen LogP contribution in [0.15, 0.2) is 18.2 Å². The summed E-state index contributed by atoms with van der Waals surface area (Å²) < 4.78 is 13.4. The van der Waals surface area contributed by atoms with Crippen LogP contribution in [0.4, 0.5) is 4.39 Å². The molecule has 1 atom stereocenters. The van der Waals surface area contributed by atoms with Crippen LogP contribution in [0.2, 0.25) is 5.02 Å². The topological polar surface area (TPSA) is 26.0 Å². The molecule has 1 fully saturated rings. The average molecular weight is 256 g/mol. The van der Waals surface area contributed by atoms with Crippen molar-refractivity contribution in [2.45, 2.75) is 38.6 Å². The summed E-state index contributed by atoms with van der Waals surface area (Å²) in [5.74, 6) is 0.857. The zero-order chi connectivity index (χ0) is 12.4. The van der Waals surface area contributed by atoms with E-state index in [0.29, 0.717) is 5.92 Å². The zero-order valence-corrected chi connectivity index (χ0v) is 10.9. The molecule has 0 aliphatic heterocycles. The van der Waals surface area contributed by atoms with Crippen molar-refractivity contribution >= 4 is 11.6 Å². The summed E-state index contributed by atoms with van der Waals surface area (Å²) in [5.41, 5.74) is 6.99. The van der Waals surface area contributed by atoms with Crippen molar-refractivity contribution in [3.63, 3.8) is 0 Å². The van der Waals surface area contributed by atoms with Crippen molar-refractivity contribution < 1.29 is 4.39 Å². The molecule has 0 spiro atoms. The number of halogens is 2. The lowest BCUT2D eigenvalue weighted by Crippen LogP contribution is -2.25. The van der Waals surface area contributed by atoms with Crippen LogP contribution in [0.5, 0.6) is 0 Å². The van der Waals surface area contributed by atoms with Crippen LogP contribution in [0.25, 0.3) is 0 Å². The standard InChI is InChI=1S/C14H19ClFN/c1-9-5-7-10(8-6-9)14(17)11-3-2-4-12(16)13(11)15/h2-4,9-10,14H,5-8,17H2,1H3. The highest BCUT2D eigenvalue weighted by molar-refractivity contribution is 6.31.